The summed E-state index contributed by atoms with van der Waals surface area (Å²) in [4.78, 5) is 29.1. The third kappa shape index (κ3) is 3.69. The van der Waals surface area contributed by atoms with E-state index in [9.17, 15) is 14.7 Å². The van der Waals surface area contributed by atoms with E-state index in [2.05, 4.69) is 15.8 Å². The summed E-state index contributed by atoms with van der Waals surface area (Å²) in [5, 5.41) is 9.32. The van der Waals surface area contributed by atoms with Gasteiger partial charge in [0.05, 0.1) is 12.0 Å². The van der Waals surface area contributed by atoms with Crippen LogP contribution in [0, 0.1) is 5.41 Å². The molecule has 3 N–H and O–H groups in total. The number of carboxylic acids is 1. The summed E-state index contributed by atoms with van der Waals surface area (Å²) >= 11 is 0. The predicted molar refractivity (Wildman–Crippen MR) is 77.4 cm³/mol. The molecule has 0 aliphatic carbocycles. The number of amides is 1. The van der Waals surface area contributed by atoms with Crippen molar-refractivity contribution in [1.29, 1.82) is 0 Å². The summed E-state index contributed by atoms with van der Waals surface area (Å²) in [6.07, 6.45) is 2.78. The molecule has 1 aromatic rings. The third-order valence-electron chi connectivity index (χ3n) is 3.93. The summed E-state index contributed by atoms with van der Waals surface area (Å²) in [5.41, 5.74) is 4.57. The molecule has 1 unspecified atom stereocenters. The molecule has 1 aliphatic rings. The highest BCUT2D eigenvalue weighted by Gasteiger charge is 2.43. The highest BCUT2D eigenvalue weighted by molar-refractivity contribution is 5.80. The number of carbonyl (C=O) groups is 2. The second-order valence-corrected chi connectivity index (χ2v) is 5.29. The minimum Gasteiger partial charge on any atom is -0.481 e. The van der Waals surface area contributed by atoms with Crippen LogP contribution >= 0.6 is 0 Å². The fraction of sp³-hybridized carbons (Fsp3) is 0.500. The van der Waals surface area contributed by atoms with Crippen molar-refractivity contribution in [2.75, 3.05) is 25.1 Å². The Bertz CT molecular complexity index is 508. The van der Waals surface area contributed by atoms with Gasteiger partial charge in [-0.15, -0.1) is 0 Å². The van der Waals surface area contributed by atoms with Crippen molar-refractivity contribution in [2.45, 2.75) is 19.8 Å². The van der Waals surface area contributed by atoms with Crippen LogP contribution in [0.15, 0.2) is 24.4 Å². The molecule has 1 saturated heterocycles. The number of rotatable bonds is 6. The molecule has 1 fully saturated rings. The zero-order valence-corrected chi connectivity index (χ0v) is 12.0. The minimum absolute atomic E-state index is 0.175. The Morgan fingerprint density at radius 3 is 2.86 bits per heavy atom. The van der Waals surface area contributed by atoms with E-state index in [4.69, 9.17) is 0 Å². The molecule has 1 aliphatic heterocycles. The predicted octanol–water partition coefficient (Wildman–Crippen LogP) is 0.711. The SMILES string of the molecule is CCC1(C(=O)O)CCN(CC(=O)NNc2ccccn2)C1. The number of hydrogen-bond acceptors (Lipinski definition) is 5. The number of anilines is 1. The molecule has 0 spiro atoms. The quantitative estimate of drug-likeness (QED) is 0.669. The Hall–Kier alpha value is -2.15. The van der Waals surface area contributed by atoms with Gasteiger partial charge in [-0.3, -0.25) is 25.3 Å². The summed E-state index contributed by atoms with van der Waals surface area (Å²) in [5.74, 6) is -0.432. The number of nitrogens with zero attached hydrogens (tertiary/aromatic N) is 2. The average Bonchev–Trinajstić information content (AvgIpc) is 2.91. The van der Waals surface area contributed by atoms with Crippen molar-refractivity contribution >= 4 is 17.7 Å². The molecule has 21 heavy (non-hydrogen) atoms. The lowest BCUT2D eigenvalue weighted by molar-refractivity contribution is -0.148. The van der Waals surface area contributed by atoms with E-state index >= 15 is 0 Å². The summed E-state index contributed by atoms with van der Waals surface area (Å²) in [7, 11) is 0. The van der Waals surface area contributed by atoms with Gasteiger partial charge in [0.1, 0.15) is 5.82 Å². The fourth-order valence-corrected chi connectivity index (χ4v) is 2.52. The van der Waals surface area contributed by atoms with Gasteiger partial charge in [-0.25, -0.2) is 4.98 Å². The topological polar surface area (TPSA) is 94.6 Å². The van der Waals surface area contributed by atoms with Gasteiger partial charge in [0.2, 0.25) is 0 Å². The number of pyridine rings is 1. The van der Waals surface area contributed by atoms with Crippen LogP contribution in [0.5, 0.6) is 0 Å². The number of aromatic nitrogens is 1. The molecule has 2 rings (SSSR count). The lowest BCUT2D eigenvalue weighted by Crippen LogP contribution is -2.41. The number of hydrogen-bond donors (Lipinski definition) is 3. The molecule has 1 atom stereocenters. The van der Waals surface area contributed by atoms with E-state index in [1.54, 1.807) is 18.3 Å². The van der Waals surface area contributed by atoms with Crippen molar-refractivity contribution in [3.05, 3.63) is 24.4 Å². The van der Waals surface area contributed by atoms with Gasteiger partial charge < -0.3 is 5.11 Å². The molecule has 0 radical (unpaired) electrons. The lowest BCUT2D eigenvalue weighted by atomic mass is 9.84. The Balaban J connectivity index is 1.80. The Morgan fingerprint density at radius 2 is 2.29 bits per heavy atom. The molecule has 1 aromatic heterocycles. The van der Waals surface area contributed by atoms with Gasteiger partial charge in [-0.2, -0.15) is 0 Å². The maximum absolute atomic E-state index is 11.9. The summed E-state index contributed by atoms with van der Waals surface area (Å²) in [6, 6.07) is 5.33. The first-order valence-corrected chi connectivity index (χ1v) is 6.97. The third-order valence-corrected chi connectivity index (χ3v) is 3.93. The van der Waals surface area contributed by atoms with Crippen molar-refractivity contribution in [3.63, 3.8) is 0 Å². The van der Waals surface area contributed by atoms with Gasteiger partial charge in [-0.1, -0.05) is 13.0 Å². The first-order chi connectivity index (χ1) is 10.1. The number of aliphatic carboxylic acids is 1. The van der Waals surface area contributed by atoms with Gasteiger partial charge in [0.25, 0.3) is 5.91 Å². The lowest BCUT2D eigenvalue weighted by Gasteiger charge is -2.22. The molecule has 0 saturated carbocycles. The highest BCUT2D eigenvalue weighted by atomic mass is 16.4. The van der Waals surface area contributed by atoms with E-state index < -0.39 is 11.4 Å². The van der Waals surface area contributed by atoms with Crippen LogP contribution in [-0.2, 0) is 9.59 Å². The standard InChI is InChI=1S/C14H20N4O3/c1-2-14(13(20)21)6-8-18(10-14)9-12(19)17-16-11-5-3-4-7-15-11/h3-5,7H,2,6,8-10H2,1H3,(H,15,16)(H,17,19)(H,20,21). The van der Waals surface area contributed by atoms with E-state index in [-0.39, 0.29) is 12.5 Å². The Morgan fingerprint density at radius 1 is 1.48 bits per heavy atom. The number of likely N-dealkylation sites (tertiary alicyclic amines) is 1. The zero-order valence-electron chi connectivity index (χ0n) is 12.0. The summed E-state index contributed by atoms with van der Waals surface area (Å²) < 4.78 is 0. The second kappa shape index (κ2) is 6.53. The maximum atomic E-state index is 11.9. The monoisotopic (exact) mass is 292 g/mol. The zero-order chi connectivity index (χ0) is 15.3. The normalized spacial score (nSPS) is 22.0. The smallest absolute Gasteiger partial charge is 0.310 e. The molecular weight excluding hydrogens is 272 g/mol. The number of carboxylic acid groups (broad SMARTS) is 1. The van der Waals surface area contributed by atoms with Crippen LogP contribution in [0.3, 0.4) is 0 Å². The van der Waals surface area contributed by atoms with Gasteiger partial charge in [0, 0.05) is 12.7 Å². The highest BCUT2D eigenvalue weighted by Crippen LogP contribution is 2.33. The van der Waals surface area contributed by atoms with Gasteiger partial charge >= 0.3 is 5.97 Å². The van der Waals surface area contributed by atoms with E-state index in [0.29, 0.717) is 31.7 Å². The van der Waals surface area contributed by atoms with Crippen LogP contribution in [-0.4, -0.2) is 46.5 Å². The van der Waals surface area contributed by atoms with Crippen molar-refractivity contribution in [1.82, 2.24) is 15.3 Å². The molecule has 1 amide bonds. The number of nitrogens with one attached hydrogen (secondary N) is 2. The maximum Gasteiger partial charge on any atom is 0.310 e. The van der Waals surface area contributed by atoms with E-state index in [1.807, 2.05) is 17.9 Å². The fourth-order valence-electron chi connectivity index (χ4n) is 2.52. The second-order valence-electron chi connectivity index (χ2n) is 5.29. The van der Waals surface area contributed by atoms with Gasteiger partial charge in [-0.05, 0) is 31.5 Å². The van der Waals surface area contributed by atoms with Crippen molar-refractivity contribution in [3.8, 4) is 0 Å². The Labute approximate surface area is 123 Å². The first-order valence-electron chi connectivity index (χ1n) is 6.97. The molecule has 0 aromatic carbocycles. The largest absolute Gasteiger partial charge is 0.481 e. The summed E-state index contributed by atoms with van der Waals surface area (Å²) in [6.45, 7) is 3.09. The van der Waals surface area contributed by atoms with Crippen LogP contribution in [0.1, 0.15) is 19.8 Å². The number of carbonyl (C=O) groups excluding carboxylic acids is 1. The molecule has 0 bridgehead atoms. The minimum atomic E-state index is -0.778. The molecular formula is C14H20N4O3. The molecule has 114 valence electrons. The van der Waals surface area contributed by atoms with Crippen LogP contribution < -0.4 is 10.9 Å². The Kier molecular flexibility index (Phi) is 4.74. The molecule has 7 nitrogen and oxygen atoms in total. The van der Waals surface area contributed by atoms with Crippen LogP contribution in [0.25, 0.3) is 0 Å². The van der Waals surface area contributed by atoms with E-state index in [1.165, 1.54) is 0 Å². The van der Waals surface area contributed by atoms with Crippen LogP contribution in [0.4, 0.5) is 5.82 Å². The number of hydrazine groups is 1. The van der Waals surface area contributed by atoms with Crippen molar-refractivity contribution < 1.29 is 14.7 Å². The average molecular weight is 292 g/mol. The van der Waals surface area contributed by atoms with Gasteiger partial charge in [0.15, 0.2) is 0 Å². The first kappa shape index (κ1) is 15.2. The van der Waals surface area contributed by atoms with Crippen LogP contribution in [0.2, 0.25) is 0 Å². The van der Waals surface area contributed by atoms with E-state index in [0.717, 1.165) is 0 Å². The molecule has 7 heteroatoms. The molecule has 2 heterocycles. The van der Waals surface area contributed by atoms with Crippen molar-refractivity contribution in [2.24, 2.45) is 5.41 Å².